The van der Waals surface area contributed by atoms with Gasteiger partial charge in [-0.25, -0.2) is 0 Å². The fraction of sp³-hybridized carbons (Fsp3) is 0.483. The summed E-state index contributed by atoms with van der Waals surface area (Å²) in [6, 6.07) is 11.2. The van der Waals surface area contributed by atoms with Crippen LogP contribution in [0.15, 0.2) is 36.4 Å². The van der Waals surface area contributed by atoms with Crippen LogP contribution in [0, 0.1) is 11.8 Å². The lowest BCUT2D eigenvalue weighted by Gasteiger charge is -2.25. The van der Waals surface area contributed by atoms with E-state index in [1.54, 1.807) is 6.07 Å². The zero-order chi connectivity index (χ0) is 26.4. The predicted molar refractivity (Wildman–Crippen MR) is 143 cm³/mol. The number of carboxylic acids is 2. The van der Waals surface area contributed by atoms with Crippen LogP contribution in [0.2, 0.25) is 5.02 Å². The first-order valence-corrected chi connectivity index (χ1v) is 13.5. The van der Waals surface area contributed by atoms with Gasteiger partial charge in [0, 0.05) is 31.0 Å². The molecule has 8 heteroatoms. The van der Waals surface area contributed by atoms with Gasteiger partial charge in [-0.3, -0.25) is 14.4 Å². The molecular weight excluding hydrogens is 492 g/mol. The normalized spacial score (nSPS) is 18.9. The zero-order valence-electron chi connectivity index (χ0n) is 21.0. The molecule has 1 heterocycles. The van der Waals surface area contributed by atoms with Crippen molar-refractivity contribution in [1.82, 2.24) is 5.32 Å². The summed E-state index contributed by atoms with van der Waals surface area (Å²) in [5.74, 6) is -3.08. The molecule has 1 fully saturated rings. The lowest BCUT2D eigenvalue weighted by Crippen LogP contribution is -2.31. The Labute approximate surface area is 222 Å². The van der Waals surface area contributed by atoms with Crippen LogP contribution in [-0.2, 0) is 22.6 Å². The first-order valence-electron chi connectivity index (χ1n) is 13.2. The van der Waals surface area contributed by atoms with Crippen LogP contribution in [0.25, 0.3) is 0 Å². The Morgan fingerprint density at radius 3 is 2.43 bits per heavy atom. The summed E-state index contributed by atoms with van der Waals surface area (Å²) in [6.07, 6.45) is 6.84. The second-order valence-corrected chi connectivity index (χ2v) is 10.7. The number of nitrogens with one attached hydrogen (secondary N) is 2. The van der Waals surface area contributed by atoms with Crippen molar-refractivity contribution in [2.24, 2.45) is 11.8 Å². The molecule has 198 valence electrons. The average molecular weight is 527 g/mol. The molecule has 1 saturated carbocycles. The van der Waals surface area contributed by atoms with E-state index in [9.17, 15) is 24.6 Å². The van der Waals surface area contributed by atoms with E-state index < -0.39 is 30.2 Å². The molecule has 1 aliphatic carbocycles. The number of anilines is 1. The number of hydrogen-bond donors (Lipinski definition) is 4. The van der Waals surface area contributed by atoms with E-state index >= 15 is 0 Å². The minimum absolute atomic E-state index is 0.204. The molecule has 2 aliphatic rings. The van der Waals surface area contributed by atoms with Crippen LogP contribution in [0.4, 0.5) is 5.69 Å². The summed E-state index contributed by atoms with van der Waals surface area (Å²) < 4.78 is 0. The third-order valence-corrected chi connectivity index (χ3v) is 8.07. The fourth-order valence-corrected chi connectivity index (χ4v) is 5.99. The maximum absolute atomic E-state index is 12.7. The number of rotatable bonds is 10. The molecule has 7 nitrogen and oxygen atoms in total. The van der Waals surface area contributed by atoms with Crippen molar-refractivity contribution in [2.75, 3.05) is 18.4 Å². The van der Waals surface area contributed by atoms with Crippen LogP contribution >= 0.6 is 11.6 Å². The summed E-state index contributed by atoms with van der Waals surface area (Å²) in [5.41, 5.74) is 4.21. The fourth-order valence-electron chi connectivity index (χ4n) is 5.74. The number of carbonyl (C=O) groups excluding carboxylic acids is 1. The van der Waals surface area contributed by atoms with E-state index in [1.165, 1.54) is 19.3 Å². The number of benzene rings is 2. The first-order chi connectivity index (χ1) is 17.8. The third kappa shape index (κ3) is 6.90. The minimum atomic E-state index is -1.13. The highest BCUT2D eigenvalue weighted by Crippen LogP contribution is 2.38. The van der Waals surface area contributed by atoms with Gasteiger partial charge in [0.25, 0.3) is 0 Å². The topological polar surface area (TPSA) is 116 Å². The second kappa shape index (κ2) is 12.6. The lowest BCUT2D eigenvalue weighted by molar-refractivity contribution is -0.149. The molecule has 0 saturated heterocycles. The molecule has 37 heavy (non-hydrogen) atoms. The van der Waals surface area contributed by atoms with Gasteiger partial charge in [-0.15, -0.1) is 0 Å². The number of carboxylic acid groups (broad SMARTS) is 2. The van der Waals surface area contributed by atoms with Gasteiger partial charge in [-0.1, -0.05) is 74.0 Å². The van der Waals surface area contributed by atoms with E-state index in [0.717, 1.165) is 40.8 Å². The molecule has 4 N–H and O–H groups in total. The first kappa shape index (κ1) is 27.1. The number of fused-ring (bicyclic) bond motifs is 1. The van der Waals surface area contributed by atoms with Crippen LogP contribution in [0.1, 0.15) is 77.9 Å². The van der Waals surface area contributed by atoms with Gasteiger partial charge < -0.3 is 20.8 Å². The Morgan fingerprint density at radius 2 is 1.76 bits per heavy atom. The van der Waals surface area contributed by atoms with Crippen molar-refractivity contribution in [3.05, 3.63) is 63.7 Å². The Hall–Kier alpha value is -2.90. The van der Waals surface area contributed by atoms with E-state index in [4.69, 9.17) is 11.6 Å². The van der Waals surface area contributed by atoms with Crippen molar-refractivity contribution >= 4 is 35.0 Å². The van der Waals surface area contributed by atoms with Crippen LogP contribution < -0.4 is 10.6 Å². The minimum Gasteiger partial charge on any atom is -0.481 e. The molecule has 0 amide bonds. The molecule has 0 radical (unpaired) electrons. The molecule has 0 spiro atoms. The Kier molecular flexibility index (Phi) is 9.22. The Bertz CT molecular complexity index is 1130. The summed E-state index contributed by atoms with van der Waals surface area (Å²) in [7, 11) is 0. The molecular formula is C29H35ClN2O5. The van der Waals surface area contributed by atoms with Crippen molar-refractivity contribution < 1.29 is 24.6 Å². The summed E-state index contributed by atoms with van der Waals surface area (Å²) in [5, 5.41) is 26.3. The van der Waals surface area contributed by atoms with Crippen molar-refractivity contribution in [3.8, 4) is 0 Å². The largest absolute Gasteiger partial charge is 0.481 e. The highest BCUT2D eigenvalue weighted by atomic mass is 35.5. The monoisotopic (exact) mass is 526 g/mol. The van der Waals surface area contributed by atoms with Gasteiger partial charge in [0.2, 0.25) is 0 Å². The third-order valence-electron chi connectivity index (χ3n) is 7.76. The quantitative estimate of drug-likeness (QED) is 0.302. The van der Waals surface area contributed by atoms with Gasteiger partial charge in [-0.05, 0) is 41.6 Å². The van der Waals surface area contributed by atoms with Crippen molar-refractivity contribution in [1.29, 1.82) is 0 Å². The van der Waals surface area contributed by atoms with Crippen LogP contribution in [-0.4, -0.2) is 41.0 Å². The molecule has 2 aromatic rings. The van der Waals surface area contributed by atoms with Gasteiger partial charge >= 0.3 is 11.9 Å². The Morgan fingerprint density at radius 1 is 1.03 bits per heavy atom. The molecule has 0 bridgehead atoms. The average Bonchev–Trinajstić information content (AvgIpc) is 3.10. The number of Topliss-reactive ketones (excluding diaryl/α,β-unsaturated/α-hetero) is 1. The number of halogens is 1. The molecule has 2 atom stereocenters. The van der Waals surface area contributed by atoms with Crippen molar-refractivity contribution in [2.45, 2.75) is 63.8 Å². The summed E-state index contributed by atoms with van der Waals surface area (Å²) >= 11 is 6.58. The number of ketones is 1. The standard InChI is InChI=1S/C29H35ClN2O5/c30-25-11-10-21-22(12-13-31-17-24(21)23(29(36)37)15-27(34)35)28(25)32-16-19-6-8-20(9-7-19)26(33)14-18-4-2-1-3-5-18/h6-11,18,23-24,31-32H,1-5,12-17H2,(H,34,35)(H,36,37). The molecule has 2 unspecified atom stereocenters. The Balaban J connectivity index is 1.49. The second-order valence-electron chi connectivity index (χ2n) is 10.3. The van der Waals surface area contributed by atoms with E-state index in [0.29, 0.717) is 43.4 Å². The molecule has 4 rings (SSSR count). The smallest absolute Gasteiger partial charge is 0.307 e. The molecule has 2 aromatic carbocycles. The van der Waals surface area contributed by atoms with Crippen LogP contribution in [0.5, 0.6) is 0 Å². The molecule has 1 aliphatic heterocycles. The van der Waals surface area contributed by atoms with Crippen molar-refractivity contribution in [3.63, 3.8) is 0 Å². The number of aliphatic carboxylic acids is 2. The number of carbonyl (C=O) groups is 3. The lowest BCUT2D eigenvalue weighted by atomic mass is 9.81. The summed E-state index contributed by atoms with van der Waals surface area (Å²) in [6.45, 7) is 1.51. The SMILES string of the molecule is O=C(O)CC(C(=O)O)C1CNCCc2c1ccc(Cl)c2NCc1ccc(C(=O)CC2CCCCC2)cc1. The van der Waals surface area contributed by atoms with Gasteiger partial charge in [0.15, 0.2) is 5.78 Å². The van der Waals surface area contributed by atoms with E-state index in [2.05, 4.69) is 10.6 Å². The van der Waals surface area contributed by atoms with E-state index in [-0.39, 0.29) is 5.78 Å². The highest BCUT2D eigenvalue weighted by Gasteiger charge is 2.34. The molecule has 0 aromatic heterocycles. The zero-order valence-corrected chi connectivity index (χ0v) is 21.7. The maximum atomic E-state index is 12.7. The van der Waals surface area contributed by atoms with Crippen LogP contribution in [0.3, 0.4) is 0 Å². The van der Waals surface area contributed by atoms with Gasteiger partial charge in [0.1, 0.15) is 0 Å². The number of hydrogen-bond acceptors (Lipinski definition) is 5. The summed E-state index contributed by atoms with van der Waals surface area (Å²) in [4.78, 5) is 36.0. The maximum Gasteiger partial charge on any atom is 0.307 e. The van der Waals surface area contributed by atoms with Gasteiger partial charge in [0.05, 0.1) is 23.0 Å². The van der Waals surface area contributed by atoms with E-state index in [1.807, 2.05) is 30.3 Å². The van der Waals surface area contributed by atoms with Gasteiger partial charge in [-0.2, -0.15) is 0 Å². The highest BCUT2D eigenvalue weighted by molar-refractivity contribution is 6.33. The predicted octanol–water partition coefficient (Wildman–Crippen LogP) is 5.51.